The Bertz CT molecular complexity index is 166. The third kappa shape index (κ3) is 2.48. The van der Waals surface area contributed by atoms with Crippen molar-refractivity contribution in [3.05, 3.63) is 0 Å². The van der Waals surface area contributed by atoms with Gasteiger partial charge in [0, 0.05) is 19.2 Å². The summed E-state index contributed by atoms with van der Waals surface area (Å²) in [6, 6.07) is 1.42. The lowest BCUT2D eigenvalue weighted by molar-refractivity contribution is 0.0380. The second-order valence-corrected chi connectivity index (χ2v) is 4.81. The summed E-state index contributed by atoms with van der Waals surface area (Å²) >= 11 is 0. The summed E-state index contributed by atoms with van der Waals surface area (Å²) in [7, 11) is 1.86. The van der Waals surface area contributed by atoms with E-state index in [0.717, 1.165) is 6.04 Å². The predicted molar refractivity (Wildman–Crippen MR) is 58.4 cm³/mol. The highest BCUT2D eigenvalue weighted by atomic mass is 16.5. The Labute approximate surface area is 87.4 Å². The second kappa shape index (κ2) is 5.13. The minimum absolute atomic E-state index is 0.476. The van der Waals surface area contributed by atoms with Crippen LogP contribution in [-0.4, -0.2) is 25.3 Å². The van der Waals surface area contributed by atoms with Crippen LogP contribution in [-0.2, 0) is 4.74 Å². The highest BCUT2D eigenvalue weighted by molar-refractivity contribution is 4.86. The second-order valence-electron chi connectivity index (χ2n) is 4.81. The first-order valence-electron chi connectivity index (χ1n) is 6.19. The van der Waals surface area contributed by atoms with E-state index in [2.05, 4.69) is 5.32 Å². The molecule has 2 heteroatoms. The van der Waals surface area contributed by atoms with Gasteiger partial charge in [0.25, 0.3) is 0 Å². The smallest absolute Gasteiger partial charge is 0.0724 e. The van der Waals surface area contributed by atoms with Gasteiger partial charge in [-0.25, -0.2) is 0 Å². The van der Waals surface area contributed by atoms with Gasteiger partial charge in [-0.15, -0.1) is 0 Å². The molecule has 82 valence electrons. The molecule has 0 amide bonds. The highest BCUT2D eigenvalue weighted by Crippen LogP contribution is 2.24. The molecule has 0 heterocycles. The van der Waals surface area contributed by atoms with Crippen LogP contribution < -0.4 is 5.32 Å². The lowest BCUT2D eigenvalue weighted by atomic mass is 9.91. The van der Waals surface area contributed by atoms with Crippen LogP contribution in [0, 0.1) is 0 Å². The van der Waals surface area contributed by atoms with Crippen LogP contribution in [0.5, 0.6) is 0 Å². The normalized spacial score (nSPS) is 34.9. The van der Waals surface area contributed by atoms with Crippen LogP contribution in [0.4, 0.5) is 0 Å². The Morgan fingerprint density at radius 1 is 0.929 bits per heavy atom. The average Bonchev–Trinajstić information content (AvgIpc) is 2.71. The maximum Gasteiger partial charge on any atom is 0.0724 e. The molecule has 0 aromatic carbocycles. The van der Waals surface area contributed by atoms with E-state index in [1.54, 1.807) is 0 Å². The van der Waals surface area contributed by atoms with Gasteiger partial charge in [-0.1, -0.05) is 25.7 Å². The summed E-state index contributed by atoms with van der Waals surface area (Å²) in [6.07, 6.45) is 11.4. The van der Waals surface area contributed by atoms with E-state index in [0.29, 0.717) is 12.1 Å². The quantitative estimate of drug-likeness (QED) is 0.750. The maximum atomic E-state index is 5.55. The molecular formula is C12H23NO. The number of nitrogens with one attached hydrogen (secondary N) is 1. The molecule has 2 rings (SSSR count). The molecule has 0 aliphatic heterocycles. The van der Waals surface area contributed by atoms with Crippen molar-refractivity contribution in [3.63, 3.8) is 0 Å². The van der Waals surface area contributed by atoms with E-state index in [9.17, 15) is 0 Å². The Hall–Kier alpha value is -0.0800. The fraction of sp³-hybridized carbons (Fsp3) is 1.00. The summed E-state index contributed by atoms with van der Waals surface area (Å²) in [6.45, 7) is 0. The standard InChI is InChI=1S/C12H23NO/c1-14-12-9-5-4-8-11(12)13-10-6-2-3-7-10/h10-13H,2-9H2,1H3. The van der Waals surface area contributed by atoms with Gasteiger partial charge in [0.05, 0.1) is 6.10 Å². The zero-order chi connectivity index (χ0) is 9.80. The van der Waals surface area contributed by atoms with Gasteiger partial charge in [-0.3, -0.25) is 0 Å². The van der Waals surface area contributed by atoms with Crippen molar-refractivity contribution in [1.82, 2.24) is 5.32 Å². The third-order valence-electron chi connectivity index (χ3n) is 3.81. The van der Waals surface area contributed by atoms with Gasteiger partial charge < -0.3 is 10.1 Å². The first-order chi connectivity index (χ1) is 6.90. The number of hydrogen-bond donors (Lipinski definition) is 1. The SMILES string of the molecule is COC1CCCCC1NC1CCCC1. The molecule has 1 N–H and O–H groups in total. The van der Waals surface area contributed by atoms with Crippen molar-refractivity contribution >= 4 is 0 Å². The summed E-state index contributed by atoms with van der Waals surface area (Å²) in [4.78, 5) is 0. The van der Waals surface area contributed by atoms with Gasteiger partial charge in [0.15, 0.2) is 0 Å². The van der Waals surface area contributed by atoms with Gasteiger partial charge in [-0.05, 0) is 25.7 Å². The number of hydrogen-bond acceptors (Lipinski definition) is 2. The summed E-state index contributed by atoms with van der Waals surface area (Å²) < 4.78 is 5.55. The monoisotopic (exact) mass is 197 g/mol. The van der Waals surface area contributed by atoms with Gasteiger partial charge in [0.2, 0.25) is 0 Å². The topological polar surface area (TPSA) is 21.3 Å². The van der Waals surface area contributed by atoms with Crippen molar-refractivity contribution in [2.45, 2.75) is 69.6 Å². The molecule has 0 radical (unpaired) electrons. The molecule has 14 heavy (non-hydrogen) atoms. The van der Waals surface area contributed by atoms with Crippen molar-refractivity contribution < 1.29 is 4.74 Å². The average molecular weight is 197 g/mol. The predicted octanol–water partition coefficient (Wildman–Crippen LogP) is 2.48. The molecule has 2 aliphatic rings. The van der Waals surface area contributed by atoms with Crippen LogP contribution in [0.2, 0.25) is 0 Å². The molecule has 2 atom stereocenters. The van der Waals surface area contributed by atoms with E-state index in [1.807, 2.05) is 7.11 Å². The number of ether oxygens (including phenoxy) is 1. The van der Waals surface area contributed by atoms with Crippen molar-refractivity contribution in [2.75, 3.05) is 7.11 Å². The molecule has 0 aromatic rings. The minimum atomic E-state index is 0.476. The molecular weight excluding hydrogens is 174 g/mol. The zero-order valence-electron chi connectivity index (χ0n) is 9.30. The van der Waals surface area contributed by atoms with Crippen LogP contribution >= 0.6 is 0 Å². The molecule has 0 spiro atoms. The first kappa shape index (κ1) is 10.4. The van der Waals surface area contributed by atoms with E-state index in [-0.39, 0.29) is 0 Å². The Morgan fingerprint density at radius 3 is 2.29 bits per heavy atom. The fourth-order valence-electron chi connectivity index (χ4n) is 2.96. The van der Waals surface area contributed by atoms with Crippen molar-refractivity contribution in [2.24, 2.45) is 0 Å². The van der Waals surface area contributed by atoms with E-state index >= 15 is 0 Å². The molecule has 0 saturated heterocycles. The van der Waals surface area contributed by atoms with E-state index in [1.165, 1.54) is 51.4 Å². The fourth-order valence-corrected chi connectivity index (χ4v) is 2.96. The third-order valence-corrected chi connectivity index (χ3v) is 3.81. The zero-order valence-corrected chi connectivity index (χ0v) is 9.30. The minimum Gasteiger partial charge on any atom is -0.380 e. The molecule has 2 fully saturated rings. The van der Waals surface area contributed by atoms with E-state index in [4.69, 9.17) is 4.74 Å². The summed E-state index contributed by atoms with van der Waals surface area (Å²) in [5, 5.41) is 3.79. The molecule has 2 nitrogen and oxygen atoms in total. The van der Waals surface area contributed by atoms with Crippen molar-refractivity contribution in [3.8, 4) is 0 Å². The number of rotatable bonds is 3. The maximum absolute atomic E-state index is 5.55. The molecule has 0 bridgehead atoms. The summed E-state index contributed by atoms with van der Waals surface area (Å²) in [5.74, 6) is 0. The van der Waals surface area contributed by atoms with Gasteiger partial charge in [0.1, 0.15) is 0 Å². The molecule has 2 aliphatic carbocycles. The van der Waals surface area contributed by atoms with Crippen molar-refractivity contribution in [1.29, 1.82) is 0 Å². The Kier molecular flexibility index (Phi) is 3.82. The lowest BCUT2D eigenvalue weighted by Crippen LogP contribution is -2.46. The molecule has 2 saturated carbocycles. The van der Waals surface area contributed by atoms with Gasteiger partial charge >= 0.3 is 0 Å². The van der Waals surface area contributed by atoms with Crippen LogP contribution in [0.25, 0.3) is 0 Å². The van der Waals surface area contributed by atoms with E-state index < -0.39 is 0 Å². The van der Waals surface area contributed by atoms with Crippen LogP contribution in [0.1, 0.15) is 51.4 Å². The highest BCUT2D eigenvalue weighted by Gasteiger charge is 2.27. The molecule has 2 unspecified atom stereocenters. The largest absolute Gasteiger partial charge is 0.380 e. The van der Waals surface area contributed by atoms with Gasteiger partial charge in [-0.2, -0.15) is 0 Å². The van der Waals surface area contributed by atoms with Crippen LogP contribution in [0.3, 0.4) is 0 Å². The lowest BCUT2D eigenvalue weighted by Gasteiger charge is -2.33. The van der Waals surface area contributed by atoms with Crippen LogP contribution in [0.15, 0.2) is 0 Å². The summed E-state index contributed by atoms with van der Waals surface area (Å²) in [5.41, 5.74) is 0. The molecule has 0 aromatic heterocycles. The number of methoxy groups -OCH3 is 1. The Morgan fingerprint density at radius 2 is 1.57 bits per heavy atom. The Balaban J connectivity index is 1.81. The first-order valence-corrected chi connectivity index (χ1v) is 6.19.